The Bertz CT molecular complexity index is 859. The van der Waals surface area contributed by atoms with Crippen LogP contribution in [0.2, 0.25) is 0 Å². The van der Waals surface area contributed by atoms with E-state index in [9.17, 15) is 9.18 Å². The molecule has 0 aliphatic heterocycles. The van der Waals surface area contributed by atoms with Crippen molar-refractivity contribution in [2.24, 2.45) is 7.05 Å². The summed E-state index contributed by atoms with van der Waals surface area (Å²) in [6, 6.07) is 13.3. The van der Waals surface area contributed by atoms with Crippen LogP contribution in [0.3, 0.4) is 0 Å². The number of carbonyl (C=O) groups excluding carboxylic acids is 1. The van der Waals surface area contributed by atoms with Crippen molar-refractivity contribution < 1.29 is 9.18 Å². The number of aryl methyl sites for hydroxylation is 1. The van der Waals surface area contributed by atoms with E-state index < -0.39 is 0 Å². The van der Waals surface area contributed by atoms with E-state index >= 15 is 0 Å². The van der Waals surface area contributed by atoms with Crippen LogP contribution in [-0.2, 0) is 13.6 Å². The van der Waals surface area contributed by atoms with Crippen molar-refractivity contribution in [2.45, 2.75) is 6.54 Å². The Labute approximate surface area is 138 Å². The Kier molecular flexibility index (Phi) is 4.33. The minimum absolute atomic E-state index is 0.128. The lowest BCUT2D eigenvalue weighted by molar-refractivity contribution is 0.0785. The van der Waals surface area contributed by atoms with Gasteiger partial charge in [-0.1, -0.05) is 24.3 Å². The minimum Gasteiger partial charge on any atom is -0.337 e. The highest BCUT2D eigenvalue weighted by Gasteiger charge is 2.14. The Balaban J connectivity index is 1.79. The van der Waals surface area contributed by atoms with Gasteiger partial charge in [-0.25, -0.2) is 9.07 Å². The maximum Gasteiger partial charge on any atom is 0.253 e. The molecular formula is C17H16FN5O. The highest BCUT2D eigenvalue weighted by Crippen LogP contribution is 2.18. The first kappa shape index (κ1) is 15.8. The zero-order valence-electron chi connectivity index (χ0n) is 13.3. The van der Waals surface area contributed by atoms with Crippen LogP contribution in [-0.4, -0.2) is 38.1 Å². The minimum atomic E-state index is -0.294. The van der Waals surface area contributed by atoms with Crippen molar-refractivity contribution in [1.29, 1.82) is 0 Å². The molecule has 122 valence electrons. The molecule has 2 aromatic carbocycles. The summed E-state index contributed by atoms with van der Waals surface area (Å²) < 4.78 is 14.5. The van der Waals surface area contributed by atoms with Crippen molar-refractivity contribution in [3.8, 4) is 11.4 Å². The number of halogens is 1. The molecule has 0 unspecified atom stereocenters. The summed E-state index contributed by atoms with van der Waals surface area (Å²) in [5.74, 6) is 0.167. The Morgan fingerprint density at radius 2 is 1.96 bits per heavy atom. The van der Waals surface area contributed by atoms with Gasteiger partial charge in [0, 0.05) is 31.8 Å². The fourth-order valence-electron chi connectivity index (χ4n) is 2.42. The van der Waals surface area contributed by atoms with Crippen LogP contribution in [0.15, 0.2) is 48.5 Å². The molecule has 0 fully saturated rings. The SMILES string of the molecule is CN(Cc1ccc(F)cc1)C(=O)c1cccc(-c2nnnn2C)c1. The summed E-state index contributed by atoms with van der Waals surface area (Å²) in [4.78, 5) is 14.2. The second-order valence-corrected chi connectivity index (χ2v) is 5.49. The van der Waals surface area contributed by atoms with Crippen molar-refractivity contribution in [2.75, 3.05) is 7.05 Å². The van der Waals surface area contributed by atoms with Crippen LogP contribution in [0, 0.1) is 5.82 Å². The molecule has 0 radical (unpaired) electrons. The normalized spacial score (nSPS) is 10.6. The molecule has 3 aromatic rings. The number of rotatable bonds is 4. The summed E-state index contributed by atoms with van der Waals surface area (Å²) in [5.41, 5.74) is 2.17. The monoisotopic (exact) mass is 325 g/mol. The van der Waals surface area contributed by atoms with Crippen molar-refractivity contribution in [1.82, 2.24) is 25.1 Å². The van der Waals surface area contributed by atoms with E-state index in [2.05, 4.69) is 15.5 Å². The standard InChI is InChI=1S/C17H16FN5O/c1-22(11-12-6-8-15(18)9-7-12)17(24)14-5-3-4-13(10-14)16-19-20-21-23(16)2/h3-10H,11H2,1-2H3. The molecule has 0 saturated carbocycles. The number of amides is 1. The average Bonchev–Trinajstić information content (AvgIpc) is 3.02. The molecule has 24 heavy (non-hydrogen) atoms. The number of hydrogen-bond acceptors (Lipinski definition) is 4. The van der Waals surface area contributed by atoms with Gasteiger partial charge in [-0.2, -0.15) is 0 Å². The second kappa shape index (κ2) is 6.57. The van der Waals surface area contributed by atoms with E-state index in [1.807, 2.05) is 6.07 Å². The quantitative estimate of drug-likeness (QED) is 0.738. The van der Waals surface area contributed by atoms with Crippen LogP contribution in [0.25, 0.3) is 11.4 Å². The van der Waals surface area contributed by atoms with Crippen molar-refractivity contribution in [3.63, 3.8) is 0 Å². The van der Waals surface area contributed by atoms with E-state index in [1.165, 1.54) is 12.1 Å². The fourth-order valence-corrected chi connectivity index (χ4v) is 2.42. The Hall–Kier alpha value is -3.09. The summed E-state index contributed by atoms with van der Waals surface area (Å²) in [6.07, 6.45) is 0. The Morgan fingerprint density at radius 3 is 2.62 bits per heavy atom. The van der Waals surface area contributed by atoms with Gasteiger partial charge < -0.3 is 4.90 Å². The second-order valence-electron chi connectivity index (χ2n) is 5.49. The molecule has 0 bridgehead atoms. The van der Waals surface area contributed by atoms with Crippen LogP contribution >= 0.6 is 0 Å². The predicted molar refractivity (Wildman–Crippen MR) is 86.4 cm³/mol. The largest absolute Gasteiger partial charge is 0.337 e. The van der Waals surface area contributed by atoms with Gasteiger partial charge in [-0.3, -0.25) is 4.79 Å². The van der Waals surface area contributed by atoms with Crippen LogP contribution in [0.4, 0.5) is 4.39 Å². The highest BCUT2D eigenvalue weighted by molar-refractivity contribution is 5.95. The predicted octanol–water partition coefficient (Wildman–Crippen LogP) is 2.29. The topological polar surface area (TPSA) is 63.9 Å². The number of nitrogens with zero attached hydrogens (tertiary/aromatic N) is 5. The van der Waals surface area contributed by atoms with Gasteiger partial charge in [0.15, 0.2) is 5.82 Å². The molecule has 6 nitrogen and oxygen atoms in total. The molecule has 0 atom stereocenters. The van der Waals surface area contributed by atoms with Crippen molar-refractivity contribution >= 4 is 5.91 Å². The van der Waals surface area contributed by atoms with E-state index in [0.717, 1.165) is 11.1 Å². The van der Waals surface area contributed by atoms with Gasteiger partial charge in [-0.05, 0) is 40.3 Å². The average molecular weight is 325 g/mol. The first-order valence-electron chi connectivity index (χ1n) is 7.37. The van der Waals surface area contributed by atoms with E-state index in [4.69, 9.17) is 0 Å². The van der Waals surface area contributed by atoms with Gasteiger partial charge >= 0.3 is 0 Å². The third-order valence-corrected chi connectivity index (χ3v) is 3.67. The molecule has 0 saturated heterocycles. The van der Waals surface area contributed by atoms with E-state index in [0.29, 0.717) is 17.9 Å². The number of aromatic nitrogens is 4. The molecule has 0 aliphatic rings. The maximum absolute atomic E-state index is 13.0. The smallest absolute Gasteiger partial charge is 0.253 e. The molecule has 1 heterocycles. The van der Waals surface area contributed by atoms with Crippen LogP contribution < -0.4 is 0 Å². The number of benzene rings is 2. The molecule has 0 N–H and O–H groups in total. The molecule has 1 amide bonds. The summed E-state index contributed by atoms with van der Waals surface area (Å²) in [6.45, 7) is 0.398. The van der Waals surface area contributed by atoms with Gasteiger partial charge in [0.2, 0.25) is 0 Å². The zero-order valence-corrected chi connectivity index (χ0v) is 13.3. The summed E-state index contributed by atoms with van der Waals surface area (Å²) in [7, 11) is 3.45. The van der Waals surface area contributed by atoms with Crippen LogP contribution in [0.5, 0.6) is 0 Å². The van der Waals surface area contributed by atoms with Gasteiger partial charge in [0.05, 0.1) is 0 Å². The zero-order chi connectivity index (χ0) is 17.1. The molecule has 0 spiro atoms. The van der Waals surface area contributed by atoms with Crippen molar-refractivity contribution in [3.05, 3.63) is 65.5 Å². The lowest BCUT2D eigenvalue weighted by Crippen LogP contribution is -2.26. The molecule has 1 aromatic heterocycles. The molecule has 0 aliphatic carbocycles. The molecular weight excluding hydrogens is 309 g/mol. The first-order valence-corrected chi connectivity index (χ1v) is 7.37. The molecule has 7 heteroatoms. The van der Waals surface area contributed by atoms with Gasteiger partial charge in [0.25, 0.3) is 5.91 Å². The Morgan fingerprint density at radius 1 is 1.21 bits per heavy atom. The number of hydrogen-bond donors (Lipinski definition) is 0. The maximum atomic E-state index is 13.0. The molecule has 3 rings (SSSR count). The number of carbonyl (C=O) groups is 1. The lowest BCUT2D eigenvalue weighted by atomic mass is 10.1. The lowest BCUT2D eigenvalue weighted by Gasteiger charge is -2.17. The third kappa shape index (κ3) is 3.29. The highest BCUT2D eigenvalue weighted by atomic mass is 19.1. The first-order chi connectivity index (χ1) is 11.5. The summed E-state index contributed by atoms with van der Waals surface area (Å²) in [5, 5.41) is 11.4. The van der Waals surface area contributed by atoms with E-state index in [1.54, 1.807) is 54.0 Å². The van der Waals surface area contributed by atoms with Gasteiger partial charge in [-0.15, -0.1) is 5.10 Å². The third-order valence-electron chi connectivity index (χ3n) is 3.67. The van der Waals surface area contributed by atoms with Crippen LogP contribution in [0.1, 0.15) is 15.9 Å². The fraction of sp³-hybridized carbons (Fsp3) is 0.176. The summed E-state index contributed by atoms with van der Waals surface area (Å²) >= 11 is 0. The van der Waals surface area contributed by atoms with Gasteiger partial charge in [0.1, 0.15) is 5.82 Å². The number of tetrazole rings is 1. The van der Waals surface area contributed by atoms with E-state index in [-0.39, 0.29) is 11.7 Å².